The van der Waals surface area contributed by atoms with Crippen LogP contribution in [0.5, 0.6) is 5.75 Å². The fourth-order valence-corrected chi connectivity index (χ4v) is 2.47. The number of anilines is 1. The average molecular weight is 358 g/mol. The largest absolute Gasteiger partial charge is 0.493 e. The van der Waals surface area contributed by atoms with Crippen LogP contribution in [0, 0.1) is 19.7 Å². The maximum atomic E-state index is 12.8. The third kappa shape index (κ3) is 5.58. The second kappa shape index (κ2) is 8.99. The molecular formula is C20H23FN2O3. The number of rotatable bonds is 7. The van der Waals surface area contributed by atoms with Gasteiger partial charge in [-0.25, -0.2) is 4.39 Å². The summed E-state index contributed by atoms with van der Waals surface area (Å²) in [6, 6.07) is 11.4. The van der Waals surface area contributed by atoms with Gasteiger partial charge >= 0.3 is 0 Å². The zero-order chi connectivity index (χ0) is 19.1. The molecule has 0 aliphatic rings. The van der Waals surface area contributed by atoms with Crippen molar-refractivity contribution >= 4 is 17.5 Å². The van der Waals surface area contributed by atoms with E-state index in [0.29, 0.717) is 5.75 Å². The fourth-order valence-electron chi connectivity index (χ4n) is 2.47. The SMILES string of the molecule is Cc1cccc(C)c1NC(=O)CN(C)C(=O)CCOc1ccc(F)cc1. The Morgan fingerprint density at radius 2 is 1.69 bits per heavy atom. The molecule has 0 bridgehead atoms. The highest BCUT2D eigenvalue weighted by Crippen LogP contribution is 2.19. The summed E-state index contributed by atoms with van der Waals surface area (Å²) in [5.74, 6) is -0.306. The maximum Gasteiger partial charge on any atom is 0.243 e. The number of hydrogen-bond donors (Lipinski definition) is 1. The number of halogens is 1. The van der Waals surface area contributed by atoms with Crippen LogP contribution in [0.15, 0.2) is 42.5 Å². The first kappa shape index (κ1) is 19.4. The van der Waals surface area contributed by atoms with Gasteiger partial charge in [-0.05, 0) is 49.2 Å². The molecule has 2 amide bonds. The minimum atomic E-state index is -0.344. The van der Waals surface area contributed by atoms with Gasteiger partial charge in [-0.2, -0.15) is 0 Å². The number of amides is 2. The topological polar surface area (TPSA) is 58.6 Å². The van der Waals surface area contributed by atoms with Crippen molar-refractivity contribution in [2.45, 2.75) is 20.3 Å². The van der Waals surface area contributed by atoms with E-state index in [1.807, 2.05) is 32.0 Å². The first-order chi connectivity index (χ1) is 12.4. The van der Waals surface area contributed by atoms with Gasteiger partial charge in [-0.15, -0.1) is 0 Å². The van der Waals surface area contributed by atoms with Gasteiger partial charge in [0.15, 0.2) is 0 Å². The van der Waals surface area contributed by atoms with Crippen molar-refractivity contribution in [1.29, 1.82) is 0 Å². The van der Waals surface area contributed by atoms with Crippen molar-refractivity contribution in [3.63, 3.8) is 0 Å². The maximum absolute atomic E-state index is 12.8. The zero-order valence-corrected chi connectivity index (χ0v) is 15.2. The van der Waals surface area contributed by atoms with E-state index in [0.717, 1.165) is 16.8 Å². The van der Waals surface area contributed by atoms with E-state index in [4.69, 9.17) is 4.74 Å². The standard InChI is InChI=1S/C20H23FN2O3/c1-14-5-4-6-15(2)20(14)22-18(24)13-23(3)19(25)11-12-26-17-9-7-16(21)8-10-17/h4-10H,11-13H2,1-3H3,(H,22,24). The highest BCUT2D eigenvalue weighted by Gasteiger charge is 2.14. The third-order valence-electron chi connectivity index (χ3n) is 3.95. The van der Waals surface area contributed by atoms with Crippen LogP contribution in [0.3, 0.4) is 0 Å². The lowest BCUT2D eigenvalue weighted by molar-refractivity contribution is -0.133. The molecule has 0 radical (unpaired) electrons. The van der Waals surface area contributed by atoms with Crippen LogP contribution in [0.4, 0.5) is 10.1 Å². The summed E-state index contributed by atoms with van der Waals surface area (Å²) in [5.41, 5.74) is 2.72. The Morgan fingerprint density at radius 1 is 1.08 bits per heavy atom. The number of nitrogens with one attached hydrogen (secondary N) is 1. The summed E-state index contributed by atoms with van der Waals surface area (Å²) >= 11 is 0. The number of benzene rings is 2. The fraction of sp³-hybridized carbons (Fsp3) is 0.300. The Balaban J connectivity index is 1.79. The zero-order valence-electron chi connectivity index (χ0n) is 15.2. The Hall–Kier alpha value is -2.89. The molecule has 2 aromatic carbocycles. The summed E-state index contributed by atoms with van der Waals surface area (Å²) in [4.78, 5) is 25.7. The van der Waals surface area contributed by atoms with Crippen molar-refractivity contribution in [2.24, 2.45) is 0 Å². The molecule has 0 saturated heterocycles. The molecule has 0 heterocycles. The molecule has 0 atom stereocenters. The number of para-hydroxylation sites is 1. The van der Waals surface area contributed by atoms with Crippen molar-refractivity contribution in [3.8, 4) is 5.75 Å². The number of nitrogens with zero attached hydrogens (tertiary/aromatic N) is 1. The second-order valence-electron chi connectivity index (χ2n) is 6.12. The minimum absolute atomic E-state index is 0.0385. The van der Waals surface area contributed by atoms with Crippen LogP contribution >= 0.6 is 0 Å². The van der Waals surface area contributed by atoms with Crippen LogP contribution in [-0.2, 0) is 9.59 Å². The highest BCUT2D eigenvalue weighted by molar-refractivity contribution is 5.95. The summed E-state index contributed by atoms with van der Waals surface area (Å²) in [7, 11) is 1.57. The van der Waals surface area contributed by atoms with Gasteiger partial charge in [0.25, 0.3) is 0 Å². The molecule has 1 N–H and O–H groups in total. The Kier molecular flexibility index (Phi) is 6.72. The number of likely N-dealkylation sites (N-methyl/N-ethyl adjacent to an activating group) is 1. The summed E-state index contributed by atoms with van der Waals surface area (Å²) < 4.78 is 18.2. The lowest BCUT2D eigenvalue weighted by Crippen LogP contribution is -2.35. The van der Waals surface area contributed by atoms with Crippen LogP contribution in [0.25, 0.3) is 0 Å². The van der Waals surface area contributed by atoms with Gasteiger partial charge in [0.05, 0.1) is 19.6 Å². The van der Waals surface area contributed by atoms with E-state index < -0.39 is 0 Å². The monoisotopic (exact) mass is 358 g/mol. The number of aryl methyl sites for hydroxylation is 2. The van der Waals surface area contributed by atoms with Crippen molar-refractivity contribution < 1.29 is 18.7 Å². The van der Waals surface area contributed by atoms with E-state index in [1.165, 1.54) is 29.2 Å². The van der Waals surface area contributed by atoms with Crippen LogP contribution < -0.4 is 10.1 Å². The molecule has 0 spiro atoms. The van der Waals surface area contributed by atoms with Gasteiger partial charge in [0.1, 0.15) is 11.6 Å². The van der Waals surface area contributed by atoms with E-state index in [-0.39, 0.29) is 37.2 Å². The minimum Gasteiger partial charge on any atom is -0.493 e. The number of ether oxygens (including phenoxy) is 1. The van der Waals surface area contributed by atoms with E-state index >= 15 is 0 Å². The predicted molar refractivity (Wildman–Crippen MR) is 98.7 cm³/mol. The van der Waals surface area contributed by atoms with Gasteiger partial charge in [0.2, 0.25) is 11.8 Å². The lowest BCUT2D eigenvalue weighted by atomic mass is 10.1. The molecule has 2 aromatic rings. The number of hydrogen-bond acceptors (Lipinski definition) is 3. The van der Waals surface area contributed by atoms with Crippen LogP contribution in [0.1, 0.15) is 17.5 Å². The van der Waals surface area contributed by atoms with Crippen LogP contribution in [-0.4, -0.2) is 36.9 Å². The molecule has 26 heavy (non-hydrogen) atoms. The molecule has 0 fully saturated rings. The third-order valence-corrected chi connectivity index (χ3v) is 3.95. The normalized spacial score (nSPS) is 10.3. The summed E-state index contributed by atoms with van der Waals surface area (Å²) in [5, 5.41) is 2.85. The number of carbonyl (C=O) groups is 2. The molecule has 0 aromatic heterocycles. The van der Waals surface area contributed by atoms with Gasteiger partial charge < -0.3 is 15.0 Å². The van der Waals surface area contributed by atoms with E-state index in [9.17, 15) is 14.0 Å². The van der Waals surface area contributed by atoms with Gasteiger partial charge in [-0.3, -0.25) is 9.59 Å². The molecule has 0 aliphatic carbocycles. The Morgan fingerprint density at radius 3 is 2.31 bits per heavy atom. The summed E-state index contributed by atoms with van der Waals surface area (Å²) in [6.07, 6.45) is 0.130. The summed E-state index contributed by atoms with van der Waals surface area (Å²) in [6.45, 7) is 3.96. The van der Waals surface area contributed by atoms with Crippen molar-refractivity contribution in [3.05, 3.63) is 59.4 Å². The molecular weight excluding hydrogens is 335 g/mol. The smallest absolute Gasteiger partial charge is 0.243 e. The molecule has 6 heteroatoms. The molecule has 0 unspecified atom stereocenters. The first-order valence-corrected chi connectivity index (χ1v) is 8.35. The Bertz CT molecular complexity index is 755. The molecule has 138 valence electrons. The first-order valence-electron chi connectivity index (χ1n) is 8.35. The predicted octanol–water partition coefficient (Wildman–Crippen LogP) is 3.31. The average Bonchev–Trinajstić information content (AvgIpc) is 2.60. The molecule has 2 rings (SSSR count). The number of carbonyl (C=O) groups excluding carboxylic acids is 2. The van der Waals surface area contributed by atoms with E-state index in [1.54, 1.807) is 7.05 Å². The quantitative estimate of drug-likeness (QED) is 0.826. The van der Waals surface area contributed by atoms with Crippen molar-refractivity contribution in [2.75, 3.05) is 25.5 Å². The molecule has 5 nitrogen and oxygen atoms in total. The Labute approximate surface area is 152 Å². The van der Waals surface area contributed by atoms with Gasteiger partial charge in [0, 0.05) is 12.7 Å². The van der Waals surface area contributed by atoms with Gasteiger partial charge in [-0.1, -0.05) is 18.2 Å². The van der Waals surface area contributed by atoms with Crippen molar-refractivity contribution in [1.82, 2.24) is 4.90 Å². The van der Waals surface area contributed by atoms with E-state index in [2.05, 4.69) is 5.32 Å². The molecule has 0 saturated carbocycles. The lowest BCUT2D eigenvalue weighted by Gasteiger charge is -2.18. The second-order valence-corrected chi connectivity index (χ2v) is 6.12. The molecule has 0 aliphatic heterocycles. The highest BCUT2D eigenvalue weighted by atomic mass is 19.1. The van der Waals surface area contributed by atoms with Crippen LogP contribution in [0.2, 0.25) is 0 Å².